The van der Waals surface area contributed by atoms with Crippen LogP contribution in [0.15, 0.2) is 22.7 Å². The molecule has 142 valence electrons. The van der Waals surface area contributed by atoms with Gasteiger partial charge in [0.15, 0.2) is 5.16 Å². The number of morpholine rings is 1. The summed E-state index contributed by atoms with van der Waals surface area (Å²) in [6, 6.07) is 4.01. The molecule has 0 amide bonds. The number of thioether (sulfide) groups is 1. The van der Waals surface area contributed by atoms with Crippen molar-refractivity contribution in [2.75, 3.05) is 39.7 Å². The largest absolute Gasteiger partial charge is 0.475 e. The summed E-state index contributed by atoms with van der Waals surface area (Å²) < 4.78 is 17.0. The number of ether oxygens (including phenoxy) is 3. The lowest BCUT2D eigenvalue weighted by Gasteiger charge is -2.32. The van der Waals surface area contributed by atoms with E-state index in [1.165, 1.54) is 22.2 Å². The molecule has 0 aromatic carbocycles. The van der Waals surface area contributed by atoms with E-state index in [4.69, 9.17) is 14.2 Å². The molecule has 8 heteroatoms. The topological polar surface area (TPSA) is 56.7 Å². The highest BCUT2D eigenvalue weighted by Crippen LogP contribution is 2.20. The van der Waals surface area contributed by atoms with Crippen LogP contribution in [0.1, 0.15) is 16.1 Å². The van der Waals surface area contributed by atoms with E-state index in [2.05, 4.69) is 33.2 Å². The molecule has 1 aliphatic heterocycles. The Labute approximate surface area is 162 Å². The third-order valence-corrected chi connectivity index (χ3v) is 5.74. The number of rotatable bonds is 8. The van der Waals surface area contributed by atoms with Crippen molar-refractivity contribution in [1.29, 1.82) is 0 Å². The number of aryl methyl sites for hydroxylation is 1. The Kier molecular flexibility index (Phi) is 7.27. The molecule has 1 saturated heterocycles. The molecule has 0 saturated carbocycles. The summed E-state index contributed by atoms with van der Waals surface area (Å²) in [5.74, 6) is 0.575. The van der Waals surface area contributed by atoms with Gasteiger partial charge in [0.05, 0.1) is 18.9 Å². The average molecular weight is 396 g/mol. The van der Waals surface area contributed by atoms with E-state index in [9.17, 15) is 0 Å². The van der Waals surface area contributed by atoms with E-state index >= 15 is 0 Å². The zero-order valence-electron chi connectivity index (χ0n) is 15.4. The predicted octanol–water partition coefficient (Wildman–Crippen LogP) is 2.99. The van der Waals surface area contributed by atoms with E-state index in [0.29, 0.717) is 24.3 Å². The number of methoxy groups -OCH3 is 1. The number of aromatic nitrogens is 2. The van der Waals surface area contributed by atoms with Crippen LogP contribution in [-0.2, 0) is 22.6 Å². The Balaban J connectivity index is 1.55. The van der Waals surface area contributed by atoms with Crippen molar-refractivity contribution in [3.63, 3.8) is 0 Å². The smallest absolute Gasteiger partial charge is 0.217 e. The SMILES string of the molecule is COCc1cc(OCC2CN(Cc3sccc3C)CCO2)nc(SC)n1. The minimum atomic E-state index is 0.0441. The molecule has 1 unspecified atom stereocenters. The number of hydrogen-bond donors (Lipinski definition) is 0. The summed E-state index contributed by atoms with van der Waals surface area (Å²) in [4.78, 5) is 12.7. The van der Waals surface area contributed by atoms with Crippen LogP contribution >= 0.6 is 23.1 Å². The second-order valence-electron chi connectivity index (χ2n) is 6.18. The van der Waals surface area contributed by atoms with Gasteiger partial charge in [-0.1, -0.05) is 11.8 Å². The first-order chi connectivity index (χ1) is 12.7. The van der Waals surface area contributed by atoms with Crippen molar-refractivity contribution in [3.05, 3.63) is 33.6 Å². The molecule has 0 bridgehead atoms. The monoisotopic (exact) mass is 395 g/mol. The van der Waals surface area contributed by atoms with E-state index in [-0.39, 0.29) is 6.10 Å². The van der Waals surface area contributed by atoms with Gasteiger partial charge in [-0.3, -0.25) is 4.90 Å². The maximum atomic E-state index is 5.91. The van der Waals surface area contributed by atoms with Crippen molar-refractivity contribution in [1.82, 2.24) is 14.9 Å². The molecule has 3 rings (SSSR count). The first-order valence-electron chi connectivity index (χ1n) is 8.58. The lowest BCUT2D eigenvalue weighted by molar-refractivity contribution is -0.0509. The van der Waals surface area contributed by atoms with Crippen LogP contribution in [0.25, 0.3) is 0 Å². The summed E-state index contributed by atoms with van der Waals surface area (Å²) >= 11 is 3.31. The van der Waals surface area contributed by atoms with Crippen molar-refractivity contribution in [3.8, 4) is 5.88 Å². The van der Waals surface area contributed by atoms with Gasteiger partial charge in [-0.2, -0.15) is 4.98 Å². The van der Waals surface area contributed by atoms with Crippen LogP contribution in [0.4, 0.5) is 0 Å². The molecule has 1 fully saturated rings. The Bertz CT molecular complexity index is 711. The maximum absolute atomic E-state index is 5.91. The van der Waals surface area contributed by atoms with Crippen LogP contribution < -0.4 is 4.74 Å². The van der Waals surface area contributed by atoms with Crippen molar-refractivity contribution < 1.29 is 14.2 Å². The van der Waals surface area contributed by atoms with Gasteiger partial charge in [0.2, 0.25) is 5.88 Å². The minimum absolute atomic E-state index is 0.0441. The summed E-state index contributed by atoms with van der Waals surface area (Å²) in [6.07, 6.45) is 1.99. The Morgan fingerprint density at radius 2 is 2.31 bits per heavy atom. The standard InChI is InChI=1S/C18H25N3O3S2/c1-13-4-7-26-16(13)10-21-5-6-23-15(9-21)12-24-17-8-14(11-22-2)19-18(20-17)25-3/h4,7-8,15H,5-6,9-12H2,1-3H3. The molecule has 2 aromatic heterocycles. The molecule has 6 nitrogen and oxygen atoms in total. The Hall–Kier alpha value is -1.19. The molecule has 3 heterocycles. The normalized spacial score (nSPS) is 18.2. The average Bonchev–Trinajstić information content (AvgIpc) is 3.05. The summed E-state index contributed by atoms with van der Waals surface area (Å²) in [7, 11) is 1.65. The van der Waals surface area contributed by atoms with Gasteiger partial charge in [-0.15, -0.1) is 11.3 Å². The highest BCUT2D eigenvalue weighted by Gasteiger charge is 2.22. The van der Waals surface area contributed by atoms with Crippen LogP contribution in [0, 0.1) is 6.92 Å². The second-order valence-corrected chi connectivity index (χ2v) is 7.96. The first-order valence-corrected chi connectivity index (χ1v) is 10.7. The Morgan fingerprint density at radius 3 is 3.04 bits per heavy atom. The van der Waals surface area contributed by atoms with Gasteiger partial charge >= 0.3 is 0 Å². The van der Waals surface area contributed by atoms with Gasteiger partial charge in [0, 0.05) is 37.7 Å². The molecule has 0 radical (unpaired) electrons. The van der Waals surface area contributed by atoms with Crippen LogP contribution in [0.2, 0.25) is 0 Å². The molecule has 2 aromatic rings. The van der Waals surface area contributed by atoms with Crippen molar-refractivity contribution in [2.24, 2.45) is 0 Å². The fraction of sp³-hybridized carbons (Fsp3) is 0.556. The molecule has 0 N–H and O–H groups in total. The number of nitrogens with zero attached hydrogens (tertiary/aromatic N) is 3. The number of thiophene rings is 1. The minimum Gasteiger partial charge on any atom is -0.475 e. The lowest BCUT2D eigenvalue weighted by atomic mass is 10.2. The van der Waals surface area contributed by atoms with Crippen LogP contribution in [0.5, 0.6) is 5.88 Å². The summed E-state index contributed by atoms with van der Waals surface area (Å²) in [5, 5.41) is 2.84. The highest BCUT2D eigenvalue weighted by atomic mass is 32.2. The van der Waals surface area contributed by atoms with Crippen LogP contribution in [0.3, 0.4) is 0 Å². The lowest BCUT2D eigenvalue weighted by Crippen LogP contribution is -2.44. The molecule has 1 atom stereocenters. The fourth-order valence-electron chi connectivity index (χ4n) is 2.81. The van der Waals surface area contributed by atoms with Gasteiger partial charge in [0.25, 0.3) is 0 Å². The molecule has 1 aliphatic rings. The van der Waals surface area contributed by atoms with Crippen LogP contribution in [-0.4, -0.2) is 60.6 Å². The third kappa shape index (κ3) is 5.40. The van der Waals surface area contributed by atoms with Gasteiger partial charge < -0.3 is 14.2 Å². The quantitative estimate of drug-likeness (QED) is 0.503. The fourth-order valence-corrected chi connectivity index (χ4v) is 4.15. The van der Waals surface area contributed by atoms with E-state index in [0.717, 1.165) is 31.9 Å². The predicted molar refractivity (Wildman–Crippen MR) is 104 cm³/mol. The zero-order chi connectivity index (χ0) is 18.4. The van der Waals surface area contributed by atoms with Gasteiger partial charge in [0.1, 0.15) is 12.7 Å². The Morgan fingerprint density at radius 1 is 1.42 bits per heavy atom. The zero-order valence-corrected chi connectivity index (χ0v) is 17.1. The van der Waals surface area contributed by atoms with E-state index < -0.39 is 0 Å². The highest BCUT2D eigenvalue weighted by molar-refractivity contribution is 7.98. The maximum Gasteiger partial charge on any atom is 0.217 e. The first kappa shape index (κ1) is 19.6. The second kappa shape index (κ2) is 9.66. The van der Waals surface area contributed by atoms with Gasteiger partial charge in [-0.25, -0.2) is 4.98 Å². The van der Waals surface area contributed by atoms with E-state index in [1.54, 1.807) is 7.11 Å². The molecule has 26 heavy (non-hydrogen) atoms. The molecular weight excluding hydrogens is 370 g/mol. The summed E-state index contributed by atoms with van der Waals surface area (Å²) in [5.41, 5.74) is 2.19. The summed E-state index contributed by atoms with van der Waals surface area (Å²) in [6.45, 7) is 6.62. The van der Waals surface area contributed by atoms with E-state index in [1.807, 2.05) is 23.7 Å². The molecular formula is C18H25N3O3S2. The third-order valence-electron chi connectivity index (χ3n) is 4.19. The van der Waals surface area contributed by atoms with Crippen molar-refractivity contribution in [2.45, 2.75) is 31.3 Å². The molecule has 0 spiro atoms. The van der Waals surface area contributed by atoms with Crippen molar-refractivity contribution >= 4 is 23.1 Å². The number of hydrogen-bond acceptors (Lipinski definition) is 8. The van der Waals surface area contributed by atoms with Gasteiger partial charge in [-0.05, 0) is 30.2 Å². The molecule has 0 aliphatic carbocycles.